The second kappa shape index (κ2) is 4.97. The number of nitrogens with zero attached hydrogens (tertiary/aromatic N) is 3. The van der Waals surface area contributed by atoms with Crippen molar-refractivity contribution in [1.29, 1.82) is 0 Å². The monoisotopic (exact) mass is 240 g/mol. The Bertz CT molecular complexity index is 363. The fourth-order valence-electron chi connectivity index (χ4n) is 2.32. The highest BCUT2D eigenvalue weighted by molar-refractivity contribution is 5.85. The standard InChI is InChI=1S/C11H16N4.ClH/c1-2-9-8-13-11(14-10(9)3-1)15-6-4-12-5-7-15;/h8,12H,1-7H2;1H. The number of aryl methyl sites for hydroxylation is 2. The van der Waals surface area contributed by atoms with E-state index in [1.807, 2.05) is 6.20 Å². The van der Waals surface area contributed by atoms with Crippen molar-refractivity contribution in [2.75, 3.05) is 31.1 Å². The molecule has 0 aromatic carbocycles. The molecule has 3 rings (SSSR count). The van der Waals surface area contributed by atoms with E-state index in [0.29, 0.717) is 0 Å². The van der Waals surface area contributed by atoms with Crippen molar-refractivity contribution in [3.05, 3.63) is 17.5 Å². The average Bonchev–Trinajstić information content (AvgIpc) is 2.77. The zero-order valence-electron chi connectivity index (χ0n) is 9.28. The Hall–Kier alpha value is -0.870. The zero-order chi connectivity index (χ0) is 10.1. The van der Waals surface area contributed by atoms with Crippen molar-refractivity contribution in [3.8, 4) is 0 Å². The molecule has 0 radical (unpaired) electrons. The van der Waals surface area contributed by atoms with E-state index in [9.17, 15) is 0 Å². The maximum atomic E-state index is 4.66. The Kier molecular flexibility index (Phi) is 3.61. The number of hydrogen-bond acceptors (Lipinski definition) is 4. The summed E-state index contributed by atoms with van der Waals surface area (Å²) in [6, 6.07) is 0. The predicted octanol–water partition coefficient (Wildman–Crippen LogP) is 0.797. The van der Waals surface area contributed by atoms with Crippen molar-refractivity contribution in [2.45, 2.75) is 19.3 Å². The molecule has 4 nitrogen and oxygen atoms in total. The second-order valence-corrected chi connectivity index (χ2v) is 4.23. The van der Waals surface area contributed by atoms with Gasteiger partial charge in [-0.25, -0.2) is 9.97 Å². The van der Waals surface area contributed by atoms with Crippen LogP contribution in [0.5, 0.6) is 0 Å². The van der Waals surface area contributed by atoms with E-state index < -0.39 is 0 Å². The molecular weight excluding hydrogens is 224 g/mol. The van der Waals surface area contributed by atoms with Crippen molar-refractivity contribution >= 4 is 18.4 Å². The Balaban J connectivity index is 0.000000963. The van der Waals surface area contributed by atoms with Gasteiger partial charge in [0, 0.05) is 38.1 Å². The Morgan fingerprint density at radius 3 is 2.81 bits per heavy atom. The van der Waals surface area contributed by atoms with Gasteiger partial charge in [0.15, 0.2) is 0 Å². The fraction of sp³-hybridized carbons (Fsp3) is 0.636. The van der Waals surface area contributed by atoms with Gasteiger partial charge >= 0.3 is 0 Å². The van der Waals surface area contributed by atoms with Crippen LogP contribution >= 0.6 is 12.4 Å². The zero-order valence-corrected chi connectivity index (χ0v) is 10.1. The quantitative estimate of drug-likeness (QED) is 0.789. The minimum atomic E-state index is 0. The molecule has 1 aliphatic heterocycles. The van der Waals surface area contributed by atoms with Crippen LogP contribution in [0, 0.1) is 0 Å². The summed E-state index contributed by atoms with van der Waals surface area (Å²) in [4.78, 5) is 11.4. The number of halogens is 1. The van der Waals surface area contributed by atoms with Gasteiger partial charge in [0.05, 0.1) is 0 Å². The summed E-state index contributed by atoms with van der Waals surface area (Å²) < 4.78 is 0. The molecule has 1 aromatic rings. The molecule has 0 spiro atoms. The number of aromatic nitrogens is 2. The van der Waals surface area contributed by atoms with Crippen LogP contribution in [0.15, 0.2) is 6.20 Å². The lowest BCUT2D eigenvalue weighted by Crippen LogP contribution is -2.44. The number of hydrogen-bond donors (Lipinski definition) is 1. The van der Waals surface area contributed by atoms with Crippen molar-refractivity contribution < 1.29 is 0 Å². The van der Waals surface area contributed by atoms with Crippen LogP contribution in [0.4, 0.5) is 5.95 Å². The number of rotatable bonds is 1. The van der Waals surface area contributed by atoms with Crippen molar-refractivity contribution in [3.63, 3.8) is 0 Å². The molecular formula is C11H17ClN4. The summed E-state index contributed by atoms with van der Waals surface area (Å²) in [5.74, 6) is 0.928. The molecule has 1 aliphatic carbocycles. The normalized spacial score (nSPS) is 19.1. The molecule has 2 heterocycles. The molecule has 5 heteroatoms. The Labute approximate surface area is 102 Å². The summed E-state index contributed by atoms with van der Waals surface area (Å²) in [6.45, 7) is 4.14. The molecule has 16 heavy (non-hydrogen) atoms. The second-order valence-electron chi connectivity index (χ2n) is 4.23. The average molecular weight is 241 g/mol. The summed E-state index contributed by atoms with van der Waals surface area (Å²) in [5, 5.41) is 3.34. The summed E-state index contributed by atoms with van der Waals surface area (Å²) in [6.07, 6.45) is 5.57. The van der Waals surface area contributed by atoms with Crippen LogP contribution in [0.2, 0.25) is 0 Å². The number of anilines is 1. The highest BCUT2D eigenvalue weighted by Gasteiger charge is 2.17. The van der Waals surface area contributed by atoms with Gasteiger partial charge in [0.1, 0.15) is 0 Å². The molecule has 2 aliphatic rings. The molecule has 0 unspecified atom stereocenters. The first-order valence-electron chi connectivity index (χ1n) is 5.74. The minimum absolute atomic E-state index is 0. The molecule has 0 bridgehead atoms. The highest BCUT2D eigenvalue weighted by atomic mass is 35.5. The summed E-state index contributed by atoms with van der Waals surface area (Å²) in [7, 11) is 0. The van der Waals surface area contributed by atoms with E-state index in [0.717, 1.165) is 45.0 Å². The van der Waals surface area contributed by atoms with Gasteiger partial charge in [-0.15, -0.1) is 12.4 Å². The molecule has 0 amide bonds. The third-order valence-corrected chi connectivity index (χ3v) is 3.20. The largest absolute Gasteiger partial charge is 0.338 e. The smallest absolute Gasteiger partial charge is 0.225 e. The number of piperazine rings is 1. The molecule has 88 valence electrons. The van der Waals surface area contributed by atoms with E-state index in [4.69, 9.17) is 0 Å². The maximum absolute atomic E-state index is 4.66. The van der Waals surface area contributed by atoms with E-state index in [1.165, 1.54) is 17.7 Å². The van der Waals surface area contributed by atoms with E-state index >= 15 is 0 Å². The molecule has 0 saturated carbocycles. The first-order valence-corrected chi connectivity index (χ1v) is 5.74. The fourth-order valence-corrected chi connectivity index (χ4v) is 2.32. The summed E-state index contributed by atoms with van der Waals surface area (Å²) in [5.41, 5.74) is 2.63. The van der Waals surface area contributed by atoms with Crippen molar-refractivity contribution in [1.82, 2.24) is 15.3 Å². The van der Waals surface area contributed by atoms with Crippen LogP contribution < -0.4 is 10.2 Å². The first kappa shape index (κ1) is 11.6. The molecule has 1 fully saturated rings. The lowest BCUT2D eigenvalue weighted by Gasteiger charge is -2.27. The number of fused-ring (bicyclic) bond motifs is 1. The number of nitrogens with one attached hydrogen (secondary N) is 1. The molecule has 1 aromatic heterocycles. The van der Waals surface area contributed by atoms with Crippen LogP contribution in [0.1, 0.15) is 17.7 Å². The van der Waals surface area contributed by atoms with Gasteiger partial charge in [0.2, 0.25) is 5.95 Å². The molecule has 1 N–H and O–H groups in total. The lowest BCUT2D eigenvalue weighted by molar-refractivity contribution is 0.579. The van der Waals surface area contributed by atoms with E-state index in [2.05, 4.69) is 20.2 Å². The van der Waals surface area contributed by atoms with Gasteiger partial charge in [-0.3, -0.25) is 0 Å². The first-order chi connectivity index (χ1) is 7.43. The van der Waals surface area contributed by atoms with Gasteiger partial charge in [0.25, 0.3) is 0 Å². The van der Waals surface area contributed by atoms with E-state index in [1.54, 1.807) is 0 Å². The van der Waals surface area contributed by atoms with Crippen LogP contribution in [-0.2, 0) is 12.8 Å². The van der Waals surface area contributed by atoms with Gasteiger partial charge < -0.3 is 10.2 Å². The molecule has 1 saturated heterocycles. The highest BCUT2D eigenvalue weighted by Crippen LogP contribution is 2.21. The SMILES string of the molecule is Cl.c1nc(N2CCNCC2)nc2c1CCC2. The summed E-state index contributed by atoms with van der Waals surface area (Å²) >= 11 is 0. The van der Waals surface area contributed by atoms with Gasteiger partial charge in [-0.2, -0.15) is 0 Å². The Morgan fingerprint density at radius 1 is 1.19 bits per heavy atom. The maximum Gasteiger partial charge on any atom is 0.225 e. The Morgan fingerprint density at radius 2 is 2.00 bits per heavy atom. The van der Waals surface area contributed by atoms with Crippen molar-refractivity contribution in [2.24, 2.45) is 0 Å². The predicted molar refractivity (Wildman–Crippen MR) is 66.4 cm³/mol. The van der Waals surface area contributed by atoms with Gasteiger partial charge in [-0.1, -0.05) is 0 Å². The van der Waals surface area contributed by atoms with Gasteiger partial charge in [-0.05, 0) is 24.8 Å². The third kappa shape index (κ3) is 2.13. The van der Waals surface area contributed by atoms with Crippen LogP contribution in [0.3, 0.4) is 0 Å². The minimum Gasteiger partial charge on any atom is -0.338 e. The van der Waals surface area contributed by atoms with Crippen LogP contribution in [-0.4, -0.2) is 36.1 Å². The topological polar surface area (TPSA) is 41.1 Å². The third-order valence-electron chi connectivity index (χ3n) is 3.20. The van der Waals surface area contributed by atoms with Crippen LogP contribution in [0.25, 0.3) is 0 Å². The lowest BCUT2D eigenvalue weighted by atomic mass is 10.3. The molecule has 0 atom stereocenters. The van der Waals surface area contributed by atoms with E-state index in [-0.39, 0.29) is 12.4 Å².